The molecule has 1 atom stereocenters. The van der Waals surface area contributed by atoms with E-state index in [0.717, 1.165) is 29.2 Å². The number of hydrogen-bond acceptors (Lipinski definition) is 2. The molecular weight excluding hydrogens is 629 g/mol. The number of anilines is 4. The minimum absolute atomic E-state index is 0.594. The second-order valence-electron chi connectivity index (χ2n) is 15.2. The maximum absolute atomic E-state index is 3.72. The van der Waals surface area contributed by atoms with Gasteiger partial charge in [-0.2, -0.15) is 0 Å². The van der Waals surface area contributed by atoms with Crippen molar-refractivity contribution in [2.75, 3.05) is 10.6 Å². The van der Waals surface area contributed by atoms with E-state index in [1.54, 1.807) is 0 Å². The fraction of sp³-hybridized carbons (Fsp3) is 0.360. The molecule has 0 aromatic heterocycles. The second-order valence-corrected chi connectivity index (χ2v) is 15.2. The molecule has 0 radical (unpaired) electrons. The summed E-state index contributed by atoms with van der Waals surface area (Å²) in [6.45, 7) is 11.4. The van der Waals surface area contributed by atoms with Crippen LogP contribution in [-0.2, 0) is 6.42 Å². The molecule has 270 valence electrons. The second kappa shape index (κ2) is 18.3. The van der Waals surface area contributed by atoms with Gasteiger partial charge in [0.2, 0.25) is 0 Å². The zero-order valence-electron chi connectivity index (χ0n) is 32.5. The molecule has 2 nitrogen and oxygen atoms in total. The van der Waals surface area contributed by atoms with E-state index >= 15 is 0 Å². The fourth-order valence-electron chi connectivity index (χ4n) is 7.81. The van der Waals surface area contributed by atoms with Crippen LogP contribution in [0.4, 0.5) is 22.7 Å². The third-order valence-corrected chi connectivity index (χ3v) is 11.0. The average Bonchev–Trinajstić information content (AvgIpc) is 3.16. The predicted octanol–water partition coefficient (Wildman–Crippen LogP) is 15.7. The van der Waals surface area contributed by atoms with Gasteiger partial charge in [-0.25, -0.2) is 0 Å². The number of aryl methyl sites for hydroxylation is 3. The smallest absolute Gasteiger partial charge is 0.0390 e. The number of rotatable bonds is 18. The SMILES string of the molecule is CCCCCCCCc1ccc(Nc2ccc3ccc(C)c(-c4c(C)ccc5ccc(Nc6ccc(C(C)CCCCCC)cc6)cc45)c3c2)cc1. The van der Waals surface area contributed by atoms with E-state index in [9.17, 15) is 0 Å². The van der Waals surface area contributed by atoms with E-state index in [2.05, 4.69) is 154 Å². The van der Waals surface area contributed by atoms with Crippen LogP contribution in [0.2, 0.25) is 0 Å². The van der Waals surface area contributed by atoms with Crippen LogP contribution in [-0.4, -0.2) is 0 Å². The summed E-state index contributed by atoms with van der Waals surface area (Å²) < 4.78 is 0. The maximum atomic E-state index is 3.72. The average molecular weight is 689 g/mol. The van der Waals surface area contributed by atoms with Gasteiger partial charge in [0.15, 0.2) is 0 Å². The van der Waals surface area contributed by atoms with Crippen molar-refractivity contribution in [2.45, 2.75) is 118 Å². The first-order valence-corrected chi connectivity index (χ1v) is 20.2. The number of benzene rings is 6. The van der Waals surface area contributed by atoms with Crippen molar-refractivity contribution in [2.24, 2.45) is 0 Å². The highest BCUT2D eigenvalue weighted by Crippen LogP contribution is 2.41. The highest BCUT2D eigenvalue weighted by atomic mass is 14.9. The van der Waals surface area contributed by atoms with E-state index in [1.165, 1.54) is 126 Å². The standard InChI is InChI=1S/C50H60N2/c1-6-8-10-12-13-15-17-39-20-28-43(29-21-39)51-45-32-26-41-22-18-37(4)49(47(41)34-45)50-38(5)19-23-42-27-33-46(35-48(42)50)52-44-30-24-40(25-31-44)36(3)16-14-11-9-7-2/h18-36,51-52H,6-17H2,1-5H3. The Bertz CT molecular complexity index is 2040. The molecule has 2 N–H and O–H groups in total. The molecule has 6 aromatic carbocycles. The Morgan fingerprint density at radius 3 is 1.44 bits per heavy atom. The Morgan fingerprint density at radius 1 is 0.462 bits per heavy atom. The zero-order valence-corrected chi connectivity index (χ0v) is 32.5. The zero-order chi connectivity index (χ0) is 36.3. The van der Waals surface area contributed by atoms with Gasteiger partial charge >= 0.3 is 0 Å². The van der Waals surface area contributed by atoms with Crippen molar-refractivity contribution in [1.82, 2.24) is 0 Å². The highest BCUT2D eigenvalue weighted by Gasteiger charge is 2.15. The maximum Gasteiger partial charge on any atom is 0.0390 e. The summed E-state index contributed by atoms with van der Waals surface area (Å²) >= 11 is 0. The largest absolute Gasteiger partial charge is 0.356 e. The summed E-state index contributed by atoms with van der Waals surface area (Å²) in [7, 11) is 0. The number of fused-ring (bicyclic) bond motifs is 2. The molecule has 0 fully saturated rings. The molecule has 6 rings (SSSR count). The van der Waals surface area contributed by atoms with Crippen molar-refractivity contribution >= 4 is 44.3 Å². The van der Waals surface area contributed by atoms with Crippen LogP contribution >= 0.6 is 0 Å². The molecule has 2 heteroatoms. The lowest BCUT2D eigenvalue weighted by molar-refractivity contribution is 0.580. The number of unbranched alkanes of at least 4 members (excludes halogenated alkanes) is 8. The predicted molar refractivity (Wildman–Crippen MR) is 230 cm³/mol. The molecule has 0 spiro atoms. The monoisotopic (exact) mass is 688 g/mol. The molecule has 6 aromatic rings. The van der Waals surface area contributed by atoms with Crippen LogP contribution in [0.5, 0.6) is 0 Å². The van der Waals surface area contributed by atoms with Gasteiger partial charge in [-0.15, -0.1) is 0 Å². The van der Waals surface area contributed by atoms with Crippen LogP contribution in [0.15, 0.2) is 109 Å². The van der Waals surface area contributed by atoms with Gasteiger partial charge in [0.1, 0.15) is 0 Å². The molecule has 0 bridgehead atoms. The normalized spacial score (nSPS) is 12.0. The molecule has 0 saturated carbocycles. The quantitative estimate of drug-likeness (QED) is 0.0878. The number of hydrogen-bond donors (Lipinski definition) is 2. The molecule has 0 aliphatic rings. The van der Waals surface area contributed by atoms with Crippen LogP contribution in [0.3, 0.4) is 0 Å². The summed E-state index contributed by atoms with van der Waals surface area (Å²) in [6, 6.07) is 40.9. The van der Waals surface area contributed by atoms with Gasteiger partial charge in [-0.1, -0.05) is 139 Å². The molecule has 1 unspecified atom stereocenters. The van der Waals surface area contributed by atoms with E-state index < -0.39 is 0 Å². The van der Waals surface area contributed by atoms with Crippen molar-refractivity contribution in [1.29, 1.82) is 0 Å². The third-order valence-electron chi connectivity index (χ3n) is 11.0. The first-order chi connectivity index (χ1) is 25.4. The van der Waals surface area contributed by atoms with Gasteiger partial charge < -0.3 is 10.6 Å². The molecule has 0 saturated heterocycles. The van der Waals surface area contributed by atoms with Gasteiger partial charge in [0, 0.05) is 22.7 Å². The molecule has 0 amide bonds. The van der Waals surface area contributed by atoms with E-state index in [0.29, 0.717) is 5.92 Å². The van der Waals surface area contributed by atoms with Gasteiger partial charge in [0.25, 0.3) is 0 Å². The third kappa shape index (κ3) is 9.45. The summed E-state index contributed by atoms with van der Waals surface area (Å²) in [6.07, 6.45) is 15.7. The van der Waals surface area contributed by atoms with Crippen molar-refractivity contribution in [3.05, 3.63) is 131 Å². The summed E-state index contributed by atoms with van der Waals surface area (Å²) in [5.41, 5.74) is 12.5. The molecular formula is C50H60N2. The first-order valence-electron chi connectivity index (χ1n) is 20.2. The lowest BCUT2D eigenvalue weighted by atomic mass is 9.87. The van der Waals surface area contributed by atoms with E-state index in [-0.39, 0.29) is 0 Å². The Labute approximate surface area is 314 Å². The molecule has 0 aliphatic heterocycles. The van der Waals surface area contributed by atoms with Crippen LogP contribution in [0.25, 0.3) is 32.7 Å². The fourth-order valence-corrected chi connectivity index (χ4v) is 7.81. The summed E-state index contributed by atoms with van der Waals surface area (Å²) in [5, 5.41) is 12.5. The molecule has 52 heavy (non-hydrogen) atoms. The Balaban J connectivity index is 1.23. The lowest BCUT2D eigenvalue weighted by Gasteiger charge is -2.18. The van der Waals surface area contributed by atoms with Crippen LogP contribution in [0.1, 0.15) is 120 Å². The summed E-state index contributed by atoms with van der Waals surface area (Å²) in [4.78, 5) is 0. The van der Waals surface area contributed by atoms with E-state index in [1.807, 2.05) is 0 Å². The Kier molecular flexibility index (Phi) is 13.1. The van der Waals surface area contributed by atoms with Gasteiger partial charge in [-0.05, 0) is 142 Å². The van der Waals surface area contributed by atoms with Crippen molar-refractivity contribution in [3.63, 3.8) is 0 Å². The number of nitrogens with one attached hydrogen (secondary N) is 2. The van der Waals surface area contributed by atoms with Gasteiger partial charge in [0.05, 0.1) is 0 Å². The highest BCUT2D eigenvalue weighted by molar-refractivity contribution is 6.09. The summed E-state index contributed by atoms with van der Waals surface area (Å²) in [5.74, 6) is 0.594. The van der Waals surface area contributed by atoms with Crippen molar-refractivity contribution in [3.8, 4) is 11.1 Å². The van der Waals surface area contributed by atoms with E-state index in [4.69, 9.17) is 0 Å². The molecule has 0 heterocycles. The lowest BCUT2D eigenvalue weighted by Crippen LogP contribution is -1.96. The molecule has 0 aliphatic carbocycles. The van der Waals surface area contributed by atoms with Crippen molar-refractivity contribution < 1.29 is 0 Å². The van der Waals surface area contributed by atoms with Crippen LogP contribution in [0, 0.1) is 13.8 Å². The minimum Gasteiger partial charge on any atom is -0.356 e. The van der Waals surface area contributed by atoms with Gasteiger partial charge in [-0.3, -0.25) is 0 Å². The minimum atomic E-state index is 0.594. The first kappa shape index (κ1) is 37.2. The topological polar surface area (TPSA) is 24.1 Å². The Morgan fingerprint density at radius 2 is 0.904 bits per heavy atom. The Hall–Kier alpha value is -4.56. The van der Waals surface area contributed by atoms with Crippen LogP contribution < -0.4 is 10.6 Å².